The van der Waals surface area contributed by atoms with Gasteiger partial charge in [0.1, 0.15) is 11.6 Å². The van der Waals surface area contributed by atoms with Crippen LogP contribution >= 0.6 is 0 Å². The van der Waals surface area contributed by atoms with Gasteiger partial charge in [0, 0.05) is 18.9 Å². The van der Waals surface area contributed by atoms with Crippen molar-refractivity contribution in [3.05, 3.63) is 0 Å². The average Bonchev–Trinajstić information content (AvgIpc) is 3.08. The fraction of sp³-hybridized carbons (Fsp3) is 0.955. The van der Waals surface area contributed by atoms with Gasteiger partial charge in [0.25, 0.3) is 0 Å². The fourth-order valence-corrected chi connectivity index (χ4v) is 11.9. The standard InChI is InChI=1S/C41H78O2.C3H7O.Al/c1-4-7-10-12-14-16-18-20-22-24-26-28-30-32-34-37-40(42)39(36-9-6-3)41(43)38-35-33-31-29-27-25-23-21-19-17-15-13-11-8-5-2;1-3(2)4;/h3-38H2,1-2H3;3H,1-2H3;/q;-1;+1. The Balaban J connectivity index is 2.29. The molecule has 1 aliphatic heterocycles. The van der Waals surface area contributed by atoms with Crippen molar-refractivity contribution in [3.63, 3.8) is 0 Å². The van der Waals surface area contributed by atoms with E-state index in [1.165, 1.54) is 167 Å². The summed E-state index contributed by atoms with van der Waals surface area (Å²) in [5, 5.41) is 0.993. The maximum absolute atomic E-state index is 14.0. The van der Waals surface area contributed by atoms with Gasteiger partial charge in [-0.3, -0.25) is 9.59 Å². The molecule has 1 heterocycles. The minimum atomic E-state index is -1.94. The summed E-state index contributed by atoms with van der Waals surface area (Å²) in [6.45, 7) is 8.75. The molecule has 0 saturated carbocycles. The molecule has 1 fully saturated rings. The zero-order chi connectivity index (χ0) is 35.0. The molecule has 48 heavy (non-hydrogen) atoms. The Bertz CT molecular complexity index is 689. The van der Waals surface area contributed by atoms with Crippen molar-refractivity contribution in [3.8, 4) is 0 Å². The molecule has 282 valence electrons. The maximum Gasteiger partial charge on any atom is 0.484 e. The van der Waals surface area contributed by atoms with Crippen molar-refractivity contribution in [2.45, 2.75) is 268 Å². The lowest BCUT2D eigenvalue weighted by Crippen LogP contribution is -2.50. The van der Waals surface area contributed by atoms with Crippen molar-refractivity contribution in [2.24, 2.45) is 0 Å². The smallest absolute Gasteiger partial charge is 0.484 e. The number of ketones is 2. The van der Waals surface area contributed by atoms with Crippen LogP contribution in [-0.2, 0) is 13.4 Å². The van der Waals surface area contributed by atoms with Crippen LogP contribution in [0.4, 0.5) is 0 Å². The van der Waals surface area contributed by atoms with E-state index in [-0.39, 0.29) is 17.7 Å². The van der Waals surface area contributed by atoms with Crippen LogP contribution in [0.3, 0.4) is 0 Å². The predicted molar refractivity (Wildman–Crippen MR) is 212 cm³/mol. The summed E-state index contributed by atoms with van der Waals surface area (Å²) in [7, 11) is 0. The van der Waals surface area contributed by atoms with Crippen LogP contribution in [-0.4, -0.2) is 32.2 Å². The van der Waals surface area contributed by atoms with Crippen molar-refractivity contribution in [2.75, 3.05) is 0 Å². The molecule has 0 aromatic heterocycles. The van der Waals surface area contributed by atoms with Gasteiger partial charge in [-0.25, -0.2) is 0 Å². The van der Waals surface area contributed by atoms with Crippen molar-refractivity contribution < 1.29 is 13.4 Å². The van der Waals surface area contributed by atoms with E-state index >= 15 is 0 Å². The summed E-state index contributed by atoms with van der Waals surface area (Å²) in [4.78, 5) is 28.0. The molecule has 0 bridgehead atoms. The van der Waals surface area contributed by atoms with Gasteiger partial charge in [-0.05, 0) is 33.1 Å². The predicted octanol–water partition coefficient (Wildman–Crippen LogP) is 15.0. The number of rotatable bonds is 36. The van der Waals surface area contributed by atoms with Crippen LogP contribution in [0.15, 0.2) is 0 Å². The second kappa shape index (κ2) is 32.7. The zero-order valence-corrected chi connectivity index (χ0v) is 34.5. The average molecular weight is 689 g/mol. The van der Waals surface area contributed by atoms with E-state index in [1.807, 2.05) is 0 Å². The van der Waals surface area contributed by atoms with Gasteiger partial charge in [-0.2, -0.15) is 0 Å². The molecule has 4 heteroatoms. The number of hydrogen-bond donors (Lipinski definition) is 0. The molecule has 0 aliphatic carbocycles. The second-order valence-corrected chi connectivity index (χ2v) is 18.9. The van der Waals surface area contributed by atoms with Gasteiger partial charge < -0.3 is 3.79 Å². The van der Waals surface area contributed by atoms with Gasteiger partial charge in [0.2, 0.25) is 0 Å². The lowest BCUT2D eigenvalue weighted by Gasteiger charge is -2.39. The zero-order valence-electron chi connectivity index (χ0n) is 33.3. The van der Waals surface area contributed by atoms with Gasteiger partial charge in [0.15, 0.2) is 0 Å². The Labute approximate surface area is 306 Å². The molecule has 0 N–H and O–H groups in total. The Morgan fingerprint density at radius 2 is 0.771 bits per heavy atom. The summed E-state index contributed by atoms with van der Waals surface area (Å²) in [6.07, 6.45) is 44.1. The summed E-state index contributed by atoms with van der Waals surface area (Å²) < 4.78 is 5.76. The normalized spacial score (nSPS) is 14.6. The van der Waals surface area contributed by atoms with Crippen LogP contribution in [0.25, 0.3) is 0 Å². The van der Waals surface area contributed by atoms with Gasteiger partial charge in [-0.1, -0.05) is 212 Å². The van der Waals surface area contributed by atoms with E-state index in [0.717, 1.165) is 50.2 Å². The molecule has 0 atom stereocenters. The highest BCUT2D eigenvalue weighted by Crippen LogP contribution is 2.47. The van der Waals surface area contributed by atoms with E-state index in [2.05, 4.69) is 27.7 Å². The molecule has 0 radical (unpaired) electrons. The lowest BCUT2D eigenvalue weighted by molar-refractivity contribution is -0.133. The van der Waals surface area contributed by atoms with Crippen molar-refractivity contribution in [1.82, 2.24) is 0 Å². The Hall–Kier alpha value is -0.168. The van der Waals surface area contributed by atoms with E-state index in [1.54, 1.807) is 0 Å². The number of Topliss-reactive ketones (excluding diaryl/α,β-unsaturated/α-hetero) is 2. The Kier molecular flexibility index (Phi) is 31.3. The Morgan fingerprint density at radius 3 is 1.06 bits per heavy atom. The first-order valence-corrected chi connectivity index (χ1v) is 24.1. The maximum atomic E-state index is 14.0. The summed E-state index contributed by atoms with van der Waals surface area (Å²) in [6, 6.07) is 0. The highest BCUT2D eigenvalue weighted by molar-refractivity contribution is 6.67. The molecule has 3 nitrogen and oxygen atoms in total. The van der Waals surface area contributed by atoms with Gasteiger partial charge in [-0.15, -0.1) is 0 Å². The molecular formula is C44H85AlO3. The third-order valence-electron chi connectivity index (χ3n) is 11.3. The Morgan fingerprint density at radius 1 is 0.479 bits per heavy atom. The number of unbranched alkanes of at least 4 members (excludes halogenated alkanes) is 28. The molecule has 0 aromatic rings. The molecule has 1 rings (SSSR count). The summed E-state index contributed by atoms with van der Waals surface area (Å²) in [5.74, 6) is 0.528. The monoisotopic (exact) mass is 689 g/mol. The van der Waals surface area contributed by atoms with E-state index < -0.39 is 18.8 Å². The molecule has 0 amide bonds. The lowest BCUT2D eigenvalue weighted by atomic mass is 9.85. The topological polar surface area (TPSA) is 43.4 Å². The highest BCUT2D eigenvalue weighted by Gasteiger charge is 2.57. The first-order valence-electron chi connectivity index (χ1n) is 22.2. The minimum absolute atomic E-state index is 0.108. The number of carbonyl (C=O) groups excluding carboxylic acids is 2. The van der Waals surface area contributed by atoms with Crippen molar-refractivity contribution >= 4 is 26.0 Å². The third kappa shape index (κ3) is 22.6. The fourth-order valence-electron chi connectivity index (χ4n) is 8.21. The van der Waals surface area contributed by atoms with E-state index in [0.29, 0.717) is 12.8 Å². The van der Waals surface area contributed by atoms with E-state index in [9.17, 15) is 9.59 Å². The molecule has 0 spiro atoms. The molecule has 1 saturated heterocycles. The first kappa shape index (κ1) is 45.9. The van der Waals surface area contributed by atoms with E-state index in [4.69, 9.17) is 3.79 Å². The molecule has 1 aliphatic rings. The molecule has 0 unspecified atom stereocenters. The van der Waals surface area contributed by atoms with Crippen LogP contribution < -0.4 is 0 Å². The number of hydrogen-bond acceptors (Lipinski definition) is 3. The summed E-state index contributed by atoms with van der Waals surface area (Å²) in [5.41, 5.74) is 0. The van der Waals surface area contributed by atoms with Gasteiger partial charge >= 0.3 is 14.5 Å². The highest BCUT2D eigenvalue weighted by atomic mass is 27.2. The SMILES string of the molecule is CCCCCCCCCCCCCCCCCC(=O)[C]1(C(=O)CCCCCCCCCCCCCCCCC)CCC[CH2][Al]1[O]C(C)C. The minimum Gasteiger partial charge on any atom is -0.498 e. The summed E-state index contributed by atoms with van der Waals surface area (Å²) >= 11 is -1.94. The third-order valence-corrected chi connectivity index (χ3v) is 15.1. The van der Waals surface area contributed by atoms with Crippen molar-refractivity contribution in [1.29, 1.82) is 0 Å². The number of carbonyl (C=O) groups is 2. The quantitative estimate of drug-likeness (QED) is 0.0374. The first-order chi connectivity index (χ1) is 23.5. The van der Waals surface area contributed by atoms with Crippen LogP contribution in [0.1, 0.15) is 252 Å². The molecule has 0 aromatic carbocycles. The largest absolute Gasteiger partial charge is 0.498 e. The van der Waals surface area contributed by atoms with Crippen LogP contribution in [0, 0.1) is 0 Å². The van der Waals surface area contributed by atoms with Crippen LogP contribution in [0.5, 0.6) is 0 Å². The second-order valence-electron chi connectivity index (χ2n) is 16.1. The molecular weight excluding hydrogens is 603 g/mol. The van der Waals surface area contributed by atoms with Gasteiger partial charge in [0.05, 0.1) is 4.28 Å². The van der Waals surface area contributed by atoms with Crippen LogP contribution in [0.2, 0.25) is 9.56 Å².